The molecule has 200 valence electrons. The van der Waals surface area contributed by atoms with Crippen molar-refractivity contribution in [2.45, 2.75) is 70.1 Å². The average Bonchev–Trinajstić information content (AvgIpc) is 2.75. The smallest absolute Gasteiger partial charge is 0.326 e. The number of nitrogens with two attached hydrogens (primary N) is 3. The molecule has 0 aromatic heterocycles. The lowest BCUT2D eigenvalue weighted by molar-refractivity contribution is -0.143. The summed E-state index contributed by atoms with van der Waals surface area (Å²) < 4.78 is 0. The highest BCUT2D eigenvalue weighted by Crippen LogP contribution is 2.06. The minimum atomic E-state index is -1.56. The fourth-order valence-electron chi connectivity index (χ4n) is 2.93. The molecule has 15 heteroatoms. The first-order valence-electron chi connectivity index (χ1n) is 11.1. The van der Waals surface area contributed by atoms with Crippen LogP contribution in [-0.4, -0.2) is 88.3 Å². The molecule has 0 saturated heterocycles. The number of nitrogens with zero attached hydrogens (tertiary/aromatic N) is 1. The van der Waals surface area contributed by atoms with Gasteiger partial charge in [-0.1, -0.05) is 13.8 Å². The van der Waals surface area contributed by atoms with Gasteiger partial charge in [-0.2, -0.15) is 0 Å². The van der Waals surface area contributed by atoms with Crippen molar-refractivity contribution in [2.24, 2.45) is 28.1 Å². The van der Waals surface area contributed by atoms with E-state index in [1.54, 1.807) is 0 Å². The number of carbonyl (C=O) groups is 5. The van der Waals surface area contributed by atoms with E-state index in [9.17, 15) is 34.2 Å². The van der Waals surface area contributed by atoms with E-state index in [0.717, 1.165) is 0 Å². The highest BCUT2D eigenvalue weighted by Gasteiger charge is 2.30. The van der Waals surface area contributed by atoms with Crippen LogP contribution in [0.4, 0.5) is 0 Å². The Morgan fingerprint density at radius 2 is 1.40 bits per heavy atom. The molecule has 3 amide bonds. The Balaban J connectivity index is 5.36. The van der Waals surface area contributed by atoms with Gasteiger partial charge in [0.2, 0.25) is 17.7 Å². The second-order valence-electron chi connectivity index (χ2n) is 8.32. The van der Waals surface area contributed by atoms with E-state index in [-0.39, 0.29) is 31.3 Å². The van der Waals surface area contributed by atoms with Gasteiger partial charge in [0.05, 0.1) is 12.6 Å². The lowest BCUT2D eigenvalue weighted by atomic mass is 10.0. The summed E-state index contributed by atoms with van der Waals surface area (Å²) in [4.78, 5) is 63.5. The molecule has 0 saturated carbocycles. The molecule has 0 rings (SSSR count). The number of aliphatic hydroxyl groups excluding tert-OH is 1. The van der Waals surface area contributed by atoms with Gasteiger partial charge in [-0.25, -0.2) is 4.79 Å². The Hall–Kier alpha value is -3.46. The van der Waals surface area contributed by atoms with Gasteiger partial charge in [0.15, 0.2) is 5.96 Å². The fraction of sp³-hybridized carbons (Fsp3) is 0.700. The Kier molecular flexibility index (Phi) is 14.6. The number of carboxylic acids is 2. The number of guanidine groups is 1. The zero-order chi connectivity index (χ0) is 27.1. The first kappa shape index (κ1) is 31.5. The fourth-order valence-corrected chi connectivity index (χ4v) is 2.93. The number of aliphatic hydroxyl groups is 1. The predicted molar refractivity (Wildman–Crippen MR) is 125 cm³/mol. The average molecular weight is 504 g/mol. The highest BCUT2D eigenvalue weighted by atomic mass is 16.4. The molecule has 12 N–H and O–H groups in total. The van der Waals surface area contributed by atoms with Crippen molar-refractivity contribution in [3.63, 3.8) is 0 Å². The zero-order valence-corrected chi connectivity index (χ0v) is 19.9. The van der Waals surface area contributed by atoms with Gasteiger partial charge in [-0.15, -0.1) is 0 Å². The predicted octanol–water partition coefficient (Wildman–Crippen LogP) is -3.19. The number of aliphatic carboxylic acids is 2. The zero-order valence-electron chi connectivity index (χ0n) is 19.9. The van der Waals surface area contributed by atoms with Crippen molar-refractivity contribution in [2.75, 3.05) is 13.2 Å². The van der Waals surface area contributed by atoms with Crippen molar-refractivity contribution < 1.29 is 39.3 Å². The molecule has 0 aromatic carbocycles. The molecule has 4 unspecified atom stereocenters. The Labute approximate surface area is 202 Å². The van der Waals surface area contributed by atoms with Gasteiger partial charge >= 0.3 is 11.9 Å². The highest BCUT2D eigenvalue weighted by molar-refractivity contribution is 5.94. The first-order valence-corrected chi connectivity index (χ1v) is 11.1. The number of hydrogen-bond acceptors (Lipinski definition) is 8. The molecular weight excluding hydrogens is 466 g/mol. The van der Waals surface area contributed by atoms with Gasteiger partial charge in [0.1, 0.15) is 18.1 Å². The maximum atomic E-state index is 12.8. The lowest BCUT2D eigenvalue weighted by Gasteiger charge is -2.24. The molecule has 4 atom stereocenters. The Bertz CT molecular complexity index is 771. The maximum absolute atomic E-state index is 12.8. The summed E-state index contributed by atoms with van der Waals surface area (Å²) in [5.41, 5.74) is 16.4. The topological polar surface area (TPSA) is 273 Å². The molecule has 0 heterocycles. The van der Waals surface area contributed by atoms with E-state index in [4.69, 9.17) is 22.3 Å². The van der Waals surface area contributed by atoms with E-state index in [2.05, 4.69) is 20.9 Å². The molecule has 0 bridgehead atoms. The van der Waals surface area contributed by atoms with Gasteiger partial charge in [0, 0.05) is 13.0 Å². The van der Waals surface area contributed by atoms with Crippen LogP contribution in [-0.2, 0) is 24.0 Å². The molecule has 0 aliphatic rings. The van der Waals surface area contributed by atoms with Crippen LogP contribution in [0, 0.1) is 5.92 Å². The SMILES string of the molecule is CC(C)CC(N)C(=O)NC(CCCN=C(N)N)C(=O)NC(CO)C(=O)NC(CCC(=O)O)C(=O)O. The Morgan fingerprint density at radius 1 is 0.857 bits per heavy atom. The minimum Gasteiger partial charge on any atom is -0.481 e. The summed E-state index contributed by atoms with van der Waals surface area (Å²) in [5.74, 6) is -5.23. The number of aliphatic imine (C=N–C) groups is 1. The van der Waals surface area contributed by atoms with E-state index in [1.165, 1.54) is 0 Å². The first-order chi connectivity index (χ1) is 16.3. The standard InChI is InChI=1S/C20H37N7O8/c1-10(2)8-11(21)16(31)25-12(4-3-7-24-20(22)23)17(32)27-14(9-28)18(33)26-13(19(34)35)5-6-15(29)30/h10-14,28H,3-9,21H2,1-2H3,(H,25,31)(H,26,33)(H,27,32)(H,29,30)(H,34,35)(H4,22,23,24). The van der Waals surface area contributed by atoms with Crippen molar-refractivity contribution in [1.82, 2.24) is 16.0 Å². The van der Waals surface area contributed by atoms with E-state index in [0.29, 0.717) is 6.42 Å². The molecule has 0 spiro atoms. The molecule has 0 aliphatic heterocycles. The summed E-state index contributed by atoms with van der Waals surface area (Å²) in [7, 11) is 0. The van der Waals surface area contributed by atoms with Gasteiger partial charge in [-0.05, 0) is 31.6 Å². The number of carboxylic acid groups (broad SMARTS) is 2. The monoisotopic (exact) mass is 503 g/mol. The van der Waals surface area contributed by atoms with E-state index >= 15 is 0 Å². The van der Waals surface area contributed by atoms with Gasteiger partial charge in [0.25, 0.3) is 0 Å². The third-order valence-corrected chi connectivity index (χ3v) is 4.72. The number of carbonyl (C=O) groups excluding carboxylic acids is 3. The van der Waals surface area contributed by atoms with Crippen LogP contribution in [0.5, 0.6) is 0 Å². The quantitative estimate of drug-likeness (QED) is 0.0541. The summed E-state index contributed by atoms with van der Waals surface area (Å²) in [6, 6.07) is -5.14. The van der Waals surface area contributed by atoms with Crippen LogP contribution in [0.2, 0.25) is 0 Å². The summed E-state index contributed by atoms with van der Waals surface area (Å²) in [5, 5.41) is 34.3. The normalized spacial score (nSPS) is 14.2. The third kappa shape index (κ3) is 13.7. The third-order valence-electron chi connectivity index (χ3n) is 4.72. The summed E-state index contributed by atoms with van der Waals surface area (Å²) >= 11 is 0. The van der Waals surface area contributed by atoms with Crippen LogP contribution in [0.3, 0.4) is 0 Å². The molecule has 0 radical (unpaired) electrons. The minimum absolute atomic E-state index is 0.0683. The van der Waals surface area contributed by atoms with Crippen LogP contribution in [0.1, 0.15) is 46.0 Å². The van der Waals surface area contributed by atoms with Crippen LogP contribution < -0.4 is 33.2 Å². The van der Waals surface area contributed by atoms with Crippen molar-refractivity contribution in [1.29, 1.82) is 0 Å². The number of amides is 3. The molecule has 0 aliphatic carbocycles. The second-order valence-corrected chi connectivity index (χ2v) is 8.32. The lowest BCUT2D eigenvalue weighted by Crippen LogP contribution is -2.58. The van der Waals surface area contributed by atoms with Crippen LogP contribution >= 0.6 is 0 Å². The Morgan fingerprint density at radius 3 is 1.89 bits per heavy atom. The van der Waals surface area contributed by atoms with E-state index in [1.807, 2.05) is 13.8 Å². The number of nitrogens with one attached hydrogen (secondary N) is 3. The van der Waals surface area contributed by atoms with Gasteiger partial charge in [-0.3, -0.25) is 24.2 Å². The van der Waals surface area contributed by atoms with Crippen molar-refractivity contribution in [3.05, 3.63) is 0 Å². The molecule has 0 aromatic rings. The van der Waals surface area contributed by atoms with Crippen molar-refractivity contribution >= 4 is 35.6 Å². The molecule has 15 nitrogen and oxygen atoms in total. The van der Waals surface area contributed by atoms with Crippen LogP contribution in [0.15, 0.2) is 4.99 Å². The summed E-state index contributed by atoms with van der Waals surface area (Å²) in [6.07, 6.45) is -0.211. The number of hydrogen-bond donors (Lipinski definition) is 9. The maximum Gasteiger partial charge on any atom is 0.326 e. The second kappa shape index (κ2) is 16.2. The molecule has 0 fully saturated rings. The van der Waals surface area contributed by atoms with E-state index < -0.39 is 73.3 Å². The van der Waals surface area contributed by atoms with Gasteiger partial charge < -0.3 is 48.5 Å². The molecule has 35 heavy (non-hydrogen) atoms. The number of rotatable bonds is 17. The summed E-state index contributed by atoms with van der Waals surface area (Å²) in [6.45, 7) is 3.02. The van der Waals surface area contributed by atoms with Crippen molar-refractivity contribution in [3.8, 4) is 0 Å². The van der Waals surface area contributed by atoms with Crippen LogP contribution in [0.25, 0.3) is 0 Å². The molecular formula is C20H37N7O8. The largest absolute Gasteiger partial charge is 0.481 e.